The highest BCUT2D eigenvalue weighted by Gasteiger charge is 2.40. The fraction of sp³-hybridized carbons (Fsp3) is 0.438. The summed E-state index contributed by atoms with van der Waals surface area (Å²) >= 11 is 0. The van der Waals surface area contributed by atoms with Crippen molar-refractivity contribution in [2.45, 2.75) is 32.4 Å². The third-order valence-electron chi connectivity index (χ3n) is 3.33. The van der Waals surface area contributed by atoms with Gasteiger partial charge in [-0.15, -0.1) is 0 Å². The van der Waals surface area contributed by atoms with E-state index >= 15 is 0 Å². The molecule has 1 heterocycles. The van der Waals surface area contributed by atoms with Crippen LogP contribution in [-0.4, -0.2) is 48.2 Å². The van der Waals surface area contributed by atoms with E-state index in [1.165, 1.54) is 11.9 Å². The zero-order chi connectivity index (χ0) is 17.2. The number of ether oxygens (including phenoxy) is 1. The fourth-order valence-corrected chi connectivity index (χ4v) is 2.20. The standard InChI is InChI=1S/C16H21N3O4/c1-16(2,3)23-15(22)19(11-8-6-5-7-9-11)13(20)12-10-17-14(21)18(12)4/h5-9,12H,10H2,1-4H3,(H,17,21)/t12-/m0/s1. The van der Waals surface area contributed by atoms with Gasteiger partial charge in [0.15, 0.2) is 0 Å². The third kappa shape index (κ3) is 3.80. The van der Waals surface area contributed by atoms with E-state index in [-0.39, 0.29) is 12.6 Å². The van der Waals surface area contributed by atoms with Crippen molar-refractivity contribution in [3.63, 3.8) is 0 Å². The van der Waals surface area contributed by atoms with Gasteiger partial charge < -0.3 is 15.0 Å². The smallest absolute Gasteiger partial charge is 0.421 e. The molecule has 1 fully saturated rings. The Kier molecular flexibility index (Phi) is 4.58. The number of para-hydroxylation sites is 1. The van der Waals surface area contributed by atoms with Crippen molar-refractivity contribution in [1.29, 1.82) is 0 Å². The van der Waals surface area contributed by atoms with Crippen molar-refractivity contribution in [2.24, 2.45) is 0 Å². The van der Waals surface area contributed by atoms with Gasteiger partial charge in [0.25, 0.3) is 5.91 Å². The molecular weight excluding hydrogens is 298 g/mol. The Morgan fingerprint density at radius 3 is 2.35 bits per heavy atom. The zero-order valence-electron chi connectivity index (χ0n) is 13.7. The number of anilines is 1. The molecule has 23 heavy (non-hydrogen) atoms. The highest BCUT2D eigenvalue weighted by molar-refractivity contribution is 6.15. The van der Waals surface area contributed by atoms with Crippen LogP contribution in [0, 0.1) is 0 Å². The predicted octanol–water partition coefficient (Wildman–Crippen LogP) is 1.98. The zero-order valence-corrected chi connectivity index (χ0v) is 13.7. The third-order valence-corrected chi connectivity index (χ3v) is 3.33. The van der Waals surface area contributed by atoms with Crippen LogP contribution in [-0.2, 0) is 9.53 Å². The number of hydrogen-bond donors (Lipinski definition) is 1. The van der Waals surface area contributed by atoms with E-state index in [4.69, 9.17) is 4.74 Å². The molecule has 0 bridgehead atoms. The van der Waals surface area contributed by atoms with Gasteiger partial charge in [-0.3, -0.25) is 4.79 Å². The summed E-state index contributed by atoms with van der Waals surface area (Å²) in [4.78, 5) is 39.2. The van der Waals surface area contributed by atoms with E-state index in [2.05, 4.69) is 5.32 Å². The van der Waals surface area contributed by atoms with Crippen LogP contribution in [0.3, 0.4) is 0 Å². The monoisotopic (exact) mass is 319 g/mol. The van der Waals surface area contributed by atoms with Crippen LogP contribution >= 0.6 is 0 Å². The maximum absolute atomic E-state index is 12.8. The van der Waals surface area contributed by atoms with Gasteiger partial charge in [-0.2, -0.15) is 0 Å². The quantitative estimate of drug-likeness (QED) is 0.904. The Balaban J connectivity index is 2.32. The SMILES string of the molecule is CN1C(=O)NC[C@H]1C(=O)N(C(=O)OC(C)(C)C)c1ccccc1. The number of urea groups is 1. The molecule has 0 aliphatic carbocycles. The number of benzene rings is 1. The second-order valence-corrected chi connectivity index (χ2v) is 6.30. The van der Waals surface area contributed by atoms with Gasteiger partial charge in [0, 0.05) is 13.6 Å². The van der Waals surface area contributed by atoms with Crippen molar-refractivity contribution in [1.82, 2.24) is 10.2 Å². The lowest BCUT2D eigenvalue weighted by Gasteiger charge is -2.29. The maximum Gasteiger partial charge on any atom is 0.421 e. The van der Waals surface area contributed by atoms with E-state index in [0.717, 1.165) is 4.90 Å². The number of nitrogens with one attached hydrogen (secondary N) is 1. The molecule has 0 spiro atoms. The highest BCUT2D eigenvalue weighted by atomic mass is 16.6. The number of carbonyl (C=O) groups is 3. The number of imide groups is 1. The molecule has 1 aromatic rings. The van der Waals surface area contributed by atoms with Crippen molar-refractivity contribution < 1.29 is 19.1 Å². The van der Waals surface area contributed by atoms with Gasteiger partial charge >= 0.3 is 12.1 Å². The van der Waals surface area contributed by atoms with E-state index in [1.807, 2.05) is 0 Å². The van der Waals surface area contributed by atoms with E-state index in [0.29, 0.717) is 5.69 Å². The van der Waals surface area contributed by atoms with Crippen LogP contribution in [0.1, 0.15) is 20.8 Å². The molecule has 7 nitrogen and oxygen atoms in total. The molecule has 0 saturated carbocycles. The summed E-state index contributed by atoms with van der Waals surface area (Å²) in [7, 11) is 1.52. The van der Waals surface area contributed by atoms with Crippen LogP contribution in [0.25, 0.3) is 0 Å². The summed E-state index contributed by atoms with van der Waals surface area (Å²) in [5, 5.41) is 2.58. The first kappa shape index (κ1) is 16.8. The molecule has 0 radical (unpaired) electrons. The van der Waals surface area contributed by atoms with Crippen molar-refractivity contribution >= 4 is 23.7 Å². The average molecular weight is 319 g/mol. The highest BCUT2D eigenvalue weighted by Crippen LogP contribution is 2.21. The van der Waals surface area contributed by atoms with Crippen LogP contribution in [0.2, 0.25) is 0 Å². The Labute approximate surface area is 135 Å². The fourth-order valence-electron chi connectivity index (χ4n) is 2.20. The topological polar surface area (TPSA) is 79.0 Å². The average Bonchev–Trinajstić information content (AvgIpc) is 2.78. The minimum atomic E-state index is -0.763. The second kappa shape index (κ2) is 6.28. The Morgan fingerprint density at radius 2 is 1.87 bits per heavy atom. The summed E-state index contributed by atoms with van der Waals surface area (Å²) in [6, 6.07) is 7.42. The number of amides is 4. The summed E-state index contributed by atoms with van der Waals surface area (Å²) in [5.74, 6) is -0.508. The lowest BCUT2D eigenvalue weighted by Crippen LogP contribution is -2.50. The molecular formula is C16H21N3O4. The summed E-state index contributed by atoms with van der Waals surface area (Å²) < 4.78 is 5.34. The van der Waals surface area contributed by atoms with Gasteiger partial charge in [0.2, 0.25) is 0 Å². The first-order valence-corrected chi connectivity index (χ1v) is 7.33. The van der Waals surface area contributed by atoms with E-state index < -0.39 is 23.6 Å². The second-order valence-electron chi connectivity index (χ2n) is 6.30. The summed E-state index contributed by atoms with van der Waals surface area (Å²) in [6.07, 6.45) is -0.763. The molecule has 1 aromatic carbocycles. The molecule has 1 atom stereocenters. The minimum absolute atomic E-state index is 0.153. The number of nitrogens with zero attached hydrogens (tertiary/aromatic N) is 2. The Hall–Kier alpha value is -2.57. The molecule has 7 heteroatoms. The van der Waals surface area contributed by atoms with Crippen LogP contribution in [0.4, 0.5) is 15.3 Å². The van der Waals surface area contributed by atoms with Crippen molar-refractivity contribution in [3.8, 4) is 0 Å². The first-order valence-electron chi connectivity index (χ1n) is 7.33. The molecule has 4 amide bonds. The Bertz CT molecular complexity index is 610. The number of likely N-dealkylation sites (N-methyl/N-ethyl adjacent to an activating group) is 1. The number of rotatable bonds is 2. The van der Waals surface area contributed by atoms with Crippen LogP contribution in [0.15, 0.2) is 30.3 Å². The molecule has 0 aromatic heterocycles. The molecule has 124 valence electrons. The Morgan fingerprint density at radius 1 is 1.26 bits per heavy atom. The normalized spacial score (nSPS) is 17.7. The summed E-state index contributed by atoms with van der Waals surface area (Å²) in [6.45, 7) is 5.34. The van der Waals surface area contributed by atoms with Gasteiger partial charge in [-0.05, 0) is 32.9 Å². The van der Waals surface area contributed by atoms with Crippen molar-refractivity contribution in [2.75, 3.05) is 18.5 Å². The molecule has 1 saturated heterocycles. The lowest BCUT2D eigenvalue weighted by molar-refractivity contribution is -0.121. The predicted molar refractivity (Wildman–Crippen MR) is 85.1 cm³/mol. The van der Waals surface area contributed by atoms with Gasteiger partial charge in [-0.1, -0.05) is 18.2 Å². The number of hydrogen-bond acceptors (Lipinski definition) is 4. The molecule has 1 aliphatic rings. The molecule has 0 unspecified atom stereocenters. The molecule has 1 aliphatic heterocycles. The van der Waals surface area contributed by atoms with E-state index in [1.54, 1.807) is 51.1 Å². The summed E-state index contributed by atoms with van der Waals surface area (Å²) in [5.41, 5.74) is -0.334. The van der Waals surface area contributed by atoms with E-state index in [9.17, 15) is 14.4 Å². The maximum atomic E-state index is 12.8. The largest absolute Gasteiger partial charge is 0.443 e. The van der Waals surface area contributed by atoms with Crippen LogP contribution < -0.4 is 10.2 Å². The first-order chi connectivity index (χ1) is 10.7. The molecule has 2 rings (SSSR count). The minimum Gasteiger partial charge on any atom is -0.443 e. The van der Waals surface area contributed by atoms with Crippen molar-refractivity contribution in [3.05, 3.63) is 30.3 Å². The van der Waals surface area contributed by atoms with Gasteiger partial charge in [0.05, 0.1) is 5.69 Å². The molecule has 1 N–H and O–H groups in total. The lowest BCUT2D eigenvalue weighted by atomic mass is 10.2. The van der Waals surface area contributed by atoms with Gasteiger partial charge in [0.1, 0.15) is 11.6 Å². The van der Waals surface area contributed by atoms with Gasteiger partial charge in [-0.25, -0.2) is 14.5 Å². The van der Waals surface area contributed by atoms with Crippen LogP contribution in [0.5, 0.6) is 0 Å². The number of carbonyl (C=O) groups excluding carboxylic acids is 3.